The normalized spacial score (nSPS) is 10.6. The van der Waals surface area contributed by atoms with Crippen LogP contribution in [0.25, 0.3) is 5.65 Å². The highest BCUT2D eigenvalue weighted by Gasteiger charge is 2.14. The van der Waals surface area contributed by atoms with Crippen LogP contribution in [0.4, 0.5) is 16.2 Å². The number of anilines is 2. The van der Waals surface area contributed by atoms with Crippen LogP contribution in [-0.2, 0) is 6.54 Å². The number of carbonyl (C=O) groups is 2. The minimum absolute atomic E-state index is 0.287. The second-order valence-corrected chi connectivity index (χ2v) is 7.43. The molecule has 0 radical (unpaired) electrons. The lowest BCUT2D eigenvalue weighted by Crippen LogP contribution is -2.28. The number of halogens is 1. The summed E-state index contributed by atoms with van der Waals surface area (Å²) in [6, 6.07) is 17.9. The van der Waals surface area contributed by atoms with E-state index >= 15 is 0 Å². The van der Waals surface area contributed by atoms with Gasteiger partial charge in [-0.2, -0.15) is 0 Å². The predicted octanol–water partition coefficient (Wildman–Crippen LogP) is 4.87. The number of aryl methyl sites for hydroxylation is 1. The smallest absolute Gasteiger partial charge is 0.319 e. The Morgan fingerprint density at radius 1 is 1.03 bits per heavy atom. The van der Waals surface area contributed by atoms with Crippen LogP contribution in [-0.4, -0.2) is 21.3 Å². The molecule has 4 rings (SSSR count). The summed E-state index contributed by atoms with van der Waals surface area (Å²) < 4.78 is 1.68. The Balaban J connectivity index is 1.43. The first-order chi connectivity index (χ1) is 15.0. The number of nitrogens with one attached hydrogen (secondary N) is 3. The van der Waals surface area contributed by atoms with Crippen molar-refractivity contribution in [1.82, 2.24) is 14.7 Å². The van der Waals surface area contributed by atoms with Crippen molar-refractivity contribution in [3.63, 3.8) is 0 Å². The number of hydrogen-bond acceptors (Lipinski definition) is 3. The zero-order valence-electron chi connectivity index (χ0n) is 16.7. The minimum atomic E-state index is -0.304. The van der Waals surface area contributed by atoms with Crippen molar-refractivity contribution >= 4 is 40.6 Å². The fourth-order valence-corrected chi connectivity index (χ4v) is 3.26. The Morgan fingerprint density at radius 3 is 2.65 bits per heavy atom. The monoisotopic (exact) mass is 433 g/mol. The van der Waals surface area contributed by atoms with Gasteiger partial charge in [0.25, 0.3) is 5.91 Å². The summed E-state index contributed by atoms with van der Waals surface area (Å²) in [4.78, 5) is 29.2. The molecule has 0 aliphatic heterocycles. The molecule has 4 aromatic rings. The number of hydrogen-bond donors (Lipinski definition) is 3. The standard InChI is InChI=1S/C23H20ClN5O2/c1-15-7-8-16(13-26-23(31)27-18-5-3-2-4-6-18)11-19(15)28-22(30)20-14-25-21-12-17(24)9-10-29(20)21/h2-12,14H,13H2,1H3,(H,28,30)(H2,26,27,31). The van der Waals surface area contributed by atoms with Gasteiger partial charge in [-0.1, -0.05) is 41.9 Å². The zero-order chi connectivity index (χ0) is 21.8. The van der Waals surface area contributed by atoms with E-state index in [4.69, 9.17) is 11.6 Å². The number of rotatable bonds is 5. The van der Waals surface area contributed by atoms with Gasteiger partial charge < -0.3 is 16.0 Å². The summed E-state index contributed by atoms with van der Waals surface area (Å²) in [5.74, 6) is -0.287. The van der Waals surface area contributed by atoms with Gasteiger partial charge in [-0.05, 0) is 42.3 Å². The summed E-state index contributed by atoms with van der Waals surface area (Å²) in [6.07, 6.45) is 3.22. The topological polar surface area (TPSA) is 87.5 Å². The van der Waals surface area contributed by atoms with Gasteiger partial charge >= 0.3 is 6.03 Å². The molecule has 0 saturated carbocycles. The van der Waals surface area contributed by atoms with E-state index in [9.17, 15) is 9.59 Å². The summed E-state index contributed by atoms with van der Waals surface area (Å²) in [6.45, 7) is 2.22. The van der Waals surface area contributed by atoms with Crippen molar-refractivity contribution in [2.24, 2.45) is 0 Å². The van der Waals surface area contributed by atoms with E-state index in [0.29, 0.717) is 34.3 Å². The van der Waals surface area contributed by atoms with Gasteiger partial charge in [-0.3, -0.25) is 9.20 Å². The SMILES string of the molecule is Cc1ccc(CNC(=O)Nc2ccccc2)cc1NC(=O)c1cnc2cc(Cl)ccn12. The van der Waals surface area contributed by atoms with Crippen molar-refractivity contribution in [2.75, 3.05) is 10.6 Å². The lowest BCUT2D eigenvalue weighted by Gasteiger charge is -2.12. The van der Waals surface area contributed by atoms with Crippen LogP contribution in [0, 0.1) is 6.92 Å². The van der Waals surface area contributed by atoms with E-state index < -0.39 is 0 Å². The van der Waals surface area contributed by atoms with Crippen LogP contribution in [0.3, 0.4) is 0 Å². The Bertz CT molecular complexity index is 1250. The Hall–Kier alpha value is -3.84. The molecule has 156 valence electrons. The molecule has 0 fully saturated rings. The highest BCUT2D eigenvalue weighted by Crippen LogP contribution is 2.19. The van der Waals surface area contributed by atoms with Crippen LogP contribution in [0.5, 0.6) is 0 Å². The van der Waals surface area contributed by atoms with Crippen LogP contribution in [0.15, 0.2) is 73.1 Å². The molecule has 7 nitrogen and oxygen atoms in total. The molecular formula is C23H20ClN5O2. The van der Waals surface area contributed by atoms with Gasteiger partial charge in [0.05, 0.1) is 6.20 Å². The van der Waals surface area contributed by atoms with Gasteiger partial charge in [-0.15, -0.1) is 0 Å². The highest BCUT2D eigenvalue weighted by molar-refractivity contribution is 6.30. The largest absolute Gasteiger partial charge is 0.334 e. The lowest BCUT2D eigenvalue weighted by atomic mass is 10.1. The number of aromatic nitrogens is 2. The van der Waals surface area contributed by atoms with Crippen LogP contribution in [0.1, 0.15) is 21.6 Å². The minimum Gasteiger partial charge on any atom is -0.334 e. The van der Waals surface area contributed by atoms with E-state index in [1.807, 2.05) is 55.5 Å². The number of amides is 3. The van der Waals surface area contributed by atoms with Crippen molar-refractivity contribution < 1.29 is 9.59 Å². The fraction of sp³-hybridized carbons (Fsp3) is 0.0870. The average molecular weight is 434 g/mol. The Labute approximate surface area is 184 Å². The third-order valence-corrected chi connectivity index (χ3v) is 4.98. The molecule has 2 aromatic carbocycles. The summed E-state index contributed by atoms with van der Waals surface area (Å²) >= 11 is 5.98. The van der Waals surface area contributed by atoms with Gasteiger partial charge in [0.15, 0.2) is 0 Å². The highest BCUT2D eigenvalue weighted by atomic mass is 35.5. The van der Waals surface area contributed by atoms with Gasteiger partial charge in [-0.25, -0.2) is 9.78 Å². The number of nitrogens with zero attached hydrogens (tertiary/aromatic N) is 2. The molecule has 2 aromatic heterocycles. The predicted molar refractivity (Wildman–Crippen MR) is 122 cm³/mol. The summed E-state index contributed by atoms with van der Waals surface area (Å²) in [7, 11) is 0. The third-order valence-electron chi connectivity index (χ3n) is 4.74. The van der Waals surface area contributed by atoms with Crippen LogP contribution < -0.4 is 16.0 Å². The van der Waals surface area contributed by atoms with Gasteiger partial charge in [0, 0.05) is 35.2 Å². The number of urea groups is 1. The molecule has 2 heterocycles. The van der Waals surface area contributed by atoms with E-state index in [1.54, 1.807) is 22.7 Å². The van der Waals surface area contributed by atoms with Gasteiger partial charge in [0.1, 0.15) is 11.3 Å². The zero-order valence-corrected chi connectivity index (χ0v) is 17.5. The number of pyridine rings is 1. The molecule has 0 atom stereocenters. The quantitative estimate of drug-likeness (QED) is 0.419. The molecule has 0 aliphatic carbocycles. The third kappa shape index (κ3) is 4.84. The first kappa shape index (κ1) is 20.4. The first-order valence-electron chi connectivity index (χ1n) is 9.63. The molecule has 3 N–H and O–H groups in total. The van der Waals surface area contributed by atoms with Crippen LogP contribution in [0.2, 0.25) is 5.02 Å². The fourth-order valence-electron chi connectivity index (χ4n) is 3.10. The molecule has 3 amide bonds. The van der Waals surface area contributed by atoms with E-state index in [1.165, 1.54) is 6.20 Å². The lowest BCUT2D eigenvalue weighted by molar-refractivity contribution is 0.102. The molecule has 0 spiro atoms. The summed E-state index contributed by atoms with van der Waals surface area (Å²) in [5, 5.41) is 9.07. The van der Waals surface area contributed by atoms with Crippen LogP contribution >= 0.6 is 11.6 Å². The Morgan fingerprint density at radius 2 is 1.84 bits per heavy atom. The second-order valence-electron chi connectivity index (χ2n) is 6.99. The molecule has 0 unspecified atom stereocenters. The molecule has 0 aliphatic rings. The molecule has 0 saturated heterocycles. The molecule has 31 heavy (non-hydrogen) atoms. The van der Waals surface area contributed by atoms with Crippen molar-refractivity contribution in [1.29, 1.82) is 0 Å². The number of imidazole rings is 1. The van der Waals surface area contributed by atoms with Gasteiger partial charge in [0.2, 0.25) is 0 Å². The number of para-hydroxylation sites is 1. The van der Waals surface area contributed by atoms with Crippen molar-refractivity contribution in [3.8, 4) is 0 Å². The second kappa shape index (κ2) is 8.89. The number of fused-ring (bicyclic) bond motifs is 1. The maximum Gasteiger partial charge on any atom is 0.319 e. The first-order valence-corrected chi connectivity index (χ1v) is 10.0. The molecular weight excluding hydrogens is 414 g/mol. The van der Waals surface area contributed by atoms with E-state index in [2.05, 4.69) is 20.9 Å². The van der Waals surface area contributed by atoms with Crippen molar-refractivity contribution in [3.05, 3.63) is 94.9 Å². The maximum absolute atomic E-state index is 12.8. The molecule has 8 heteroatoms. The molecule has 0 bridgehead atoms. The number of benzene rings is 2. The Kier molecular flexibility index (Phi) is 5.86. The van der Waals surface area contributed by atoms with Crippen molar-refractivity contribution in [2.45, 2.75) is 13.5 Å². The van der Waals surface area contributed by atoms with E-state index in [-0.39, 0.29) is 11.9 Å². The number of carbonyl (C=O) groups excluding carboxylic acids is 2. The van der Waals surface area contributed by atoms with E-state index in [0.717, 1.165) is 11.1 Å². The maximum atomic E-state index is 12.8. The summed E-state index contributed by atoms with van der Waals surface area (Å²) in [5.41, 5.74) is 4.13. The average Bonchev–Trinajstić information content (AvgIpc) is 3.18.